The lowest BCUT2D eigenvalue weighted by atomic mass is 10.2. The standard InChI is InChI=1S/C10H14FN3O3/c1-2-3-4-5-12-10(16)17-8-7(11)6-13-9(15)14-8/h6H,2-5H2,1H3,(H,12,16)(H,13,14,15). The highest BCUT2D eigenvalue weighted by Crippen LogP contribution is 2.08. The summed E-state index contributed by atoms with van der Waals surface area (Å²) < 4.78 is 17.6. The molecular formula is C10H14FN3O3. The van der Waals surface area contributed by atoms with E-state index in [0.29, 0.717) is 12.7 Å². The molecule has 0 spiro atoms. The Labute approximate surface area is 97.2 Å². The molecule has 0 unspecified atom stereocenters. The normalized spacial score (nSPS) is 10.0. The Kier molecular flexibility index (Phi) is 5.12. The molecule has 0 aliphatic rings. The van der Waals surface area contributed by atoms with Crippen molar-refractivity contribution in [2.75, 3.05) is 6.54 Å². The monoisotopic (exact) mass is 243 g/mol. The van der Waals surface area contributed by atoms with Crippen LogP contribution in [0.25, 0.3) is 0 Å². The minimum absolute atomic E-state index is 0.448. The Morgan fingerprint density at radius 2 is 2.35 bits per heavy atom. The number of aromatic nitrogens is 2. The predicted molar refractivity (Wildman–Crippen MR) is 58.4 cm³/mol. The second-order valence-electron chi connectivity index (χ2n) is 3.39. The second kappa shape index (κ2) is 6.62. The molecule has 0 radical (unpaired) electrons. The van der Waals surface area contributed by atoms with Crippen LogP contribution in [0.5, 0.6) is 5.88 Å². The largest absolute Gasteiger partial charge is 0.413 e. The highest BCUT2D eigenvalue weighted by Gasteiger charge is 2.10. The first-order chi connectivity index (χ1) is 8.13. The molecule has 0 fully saturated rings. The van der Waals surface area contributed by atoms with Crippen LogP contribution in [0.1, 0.15) is 26.2 Å². The van der Waals surface area contributed by atoms with E-state index in [0.717, 1.165) is 19.3 Å². The number of nitrogens with zero attached hydrogens (tertiary/aromatic N) is 1. The van der Waals surface area contributed by atoms with Crippen molar-refractivity contribution in [1.29, 1.82) is 0 Å². The summed E-state index contributed by atoms with van der Waals surface area (Å²) >= 11 is 0. The van der Waals surface area contributed by atoms with Crippen LogP contribution in [0.2, 0.25) is 0 Å². The molecule has 1 aromatic heterocycles. The molecule has 0 bridgehead atoms. The van der Waals surface area contributed by atoms with Gasteiger partial charge >= 0.3 is 11.8 Å². The van der Waals surface area contributed by atoms with Crippen molar-refractivity contribution in [3.63, 3.8) is 0 Å². The molecule has 0 aliphatic carbocycles. The number of H-pyrrole nitrogens is 1. The van der Waals surface area contributed by atoms with E-state index in [9.17, 15) is 14.0 Å². The molecule has 94 valence electrons. The minimum atomic E-state index is -0.895. The van der Waals surface area contributed by atoms with E-state index in [1.54, 1.807) is 0 Å². The summed E-state index contributed by atoms with van der Waals surface area (Å²) in [6, 6.07) is 0. The maximum absolute atomic E-state index is 13.0. The van der Waals surface area contributed by atoms with Crippen molar-refractivity contribution in [3.05, 3.63) is 22.5 Å². The first kappa shape index (κ1) is 13.1. The van der Waals surface area contributed by atoms with Crippen molar-refractivity contribution in [1.82, 2.24) is 15.3 Å². The molecule has 1 amide bonds. The van der Waals surface area contributed by atoms with Crippen molar-refractivity contribution in [2.45, 2.75) is 26.2 Å². The Hall–Kier alpha value is -1.92. The minimum Gasteiger partial charge on any atom is -0.390 e. The van der Waals surface area contributed by atoms with E-state index in [-0.39, 0.29) is 0 Å². The van der Waals surface area contributed by atoms with Gasteiger partial charge in [-0.15, -0.1) is 0 Å². The number of ether oxygens (including phenoxy) is 1. The van der Waals surface area contributed by atoms with Gasteiger partial charge < -0.3 is 10.1 Å². The number of carbonyl (C=O) groups excluding carboxylic acids is 1. The number of hydrogen-bond acceptors (Lipinski definition) is 4. The SMILES string of the molecule is CCCCCNC(=O)Oc1[nH]c(=O)ncc1F. The number of aromatic amines is 1. The van der Waals surface area contributed by atoms with E-state index in [4.69, 9.17) is 0 Å². The fourth-order valence-electron chi connectivity index (χ4n) is 1.13. The van der Waals surface area contributed by atoms with E-state index in [1.165, 1.54) is 0 Å². The number of amides is 1. The number of nitrogens with one attached hydrogen (secondary N) is 2. The van der Waals surface area contributed by atoms with E-state index in [1.807, 2.05) is 11.9 Å². The summed E-state index contributed by atoms with van der Waals surface area (Å²) in [6.45, 7) is 2.49. The van der Waals surface area contributed by atoms with Gasteiger partial charge in [-0.1, -0.05) is 19.8 Å². The zero-order chi connectivity index (χ0) is 12.7. The highest BCUT2D eigenvalue weighted by molar-refractivity contribution is 5.69. The Morgan fingerprint density at radius 3 is 3.06 bits per heavy atom. The third kappa shape index (κ3) is 4.62. The molecule has 0 atom stereocenters. The first-order valence-corrected chi connectivity index (χ1v) is 5.34. The Balaban J connectivity index is 2.45. The number of rotatable bonds is 5. The summed E-state index contributed by atoms with van der Waals surface area (Å²) in [5.74, 6) is -1.42. The summed E-state index contributed by atoms with van der Waals surface area (Å²) in [5, 5.41) is 2.44. The maximum atomic E-state index is 13.0. The average Bonchev–Trinajstić information content (AvgIpc) is 2.29. The van der Waals surface area contributed by atoms with Crippen LogP contribution in [0, 0.1) is 5.82 Å². The molecule has 1 rings (SSSR count). The molecule has 0 saturated carbocycles. The van der Waals surface area contributed by atoms with Gasteiger partial charge in [0.2, 0.25) is 11.7 Å². The maximum Gasteiger partial charge on any atom is 0.413 e. The van der Waals surface area contributed by atoms with Crippen molar-refractivity contribution in [3.8, 4) is 5.88 Å². The topological polar surface area (TPSA) is 84.1 Å². The third-order valence-corrected chi connectivity index (χ3v) is 1.98. The third-order valence-electron chi connectivity index (χ3n) is 1.98. The molecule has 6 nitrogen and oxygen atoms in total. The van der Waals surface area contributed by atoms with Gasteiger partial charge in [-0.2, -0.15) is 9.37 Å². The molecule has 17 heavy (non-hydrogen) atoms. The summed E-state index contributed by atoms with van der Waals surface area (Å²) in [6.07, 6.45) is 2.73. The molecule has 0 saturated heterocycles. The van der Waals surface area contributed by atoms with E-state index < -0.39 is 23.5 Å². The van der Waals surface area contributed by atoms with Crippen LogP contribution in [-0.4, -0.2) is 22.6 Å². The van der Waals surface area contributed by atoms with Crippen molar-refractivity contribution < 1.29 is 13.9 Å². The fourth-order valence-corrected chi connectivity index (χ4v) is 1.13. The van der Waals surface area contributed by atoms with Crippen LogP contribution in [0.4, 0.5) is 9.18 Å². The predicted octanol–water partition coefficient (Wildman–Crippen LogP) is 1.19. The number of hydrogen-bond donors (Lipinski definition) is 2. The zero-order valence-electron chi connectivity index (χ0n) is 9.46. The van der Waals surface area contributed by atoms with Crippen molar-refractivity contribution >= 4 is 6.09 Å². The number of carbonyl (C=O) groups is 1. The highest BCUT2D eigenvalue weighted by atomic mass is 19.1. The molecule has 1 heterocycles. The first-order valence-electron chi connectivity index (χ1n) is 5.34. The lowest BCUT2D eigenvalue weighted by molar-refractivity contribution is 0.195. The summed E-state index contributed by atoms with van der Waals surface area (Å²) in [7, 11) is 0. The van der Waals surface area contributed by atoms with Crippen LogP contribution in [-0.2, 0) is 0 Å². The number of unbranched alkanes of at least 4 members (excludes halogenated alkanes) is 2. The summed E-state index contributed by atoms with van der Waals surface area (Å²) in [4.78, 5) is 27.1. The van der Waals surface area contributed by atoms with Gasteiger partial charge in [-0.05, 0) is 6.42 Å². The molecule has 0 aliphatic heterocycles. The van der Waals surface area contributed by atoms with Crippen molar-refractivity contribution in [2.24, 2.45) is 0 Å². The number of halogens is 1. The van der Waals surface area contributed by atoms with E-state index in [2.05, 4.69) is 15.0 Å². The lowest BCUT2D eigenvalue weighted by Crippen LogP contribution is -2.29. The second-order valence-corrected chi connectivity index (χ2v) is 3.39. The van der Waals surface area contributed by atoms with Gasteiger partial charge in [-0.25, -0.2) is 9.59 Å². The average molecular weight is 243 g/mol. The lowest BCUT2D eigenvalue weighted by Gasteiger charge is -2.05. The quantitative estimate of drug-likeness (QED) is 0.761. The van der Waals surface area contributed by atoms with Gasteiger partial charge in [0, 0.05) is 6.54 Å². The molecule has 1 aromatic rings. The zero-order valence-corrected chi connectivity index (χ0v) is 9.46. The van der Waals surface area contributed by atoms with Crippen LogP contribution < -0.4 is 15.7 Å². The van der Waals surface area contributed by atoms with Gasteiger partial charge in [0.1, 0.15) is 0 Å². The van der Waals surface area contributed by atoms with Crippen LogP contribution >= 0.6 is 0 Å². The Morgan fingerprint density at radius 1 is 1.59 bits per heavy atom. The van der Waals surface area contributed by atoms with Gasteiger partial charge in [0.05, 0.1) is 6.20 Å². The fraction of sp³-hybridized carbons (Fsp3) is 0.500. The van der Waals surface area contributed by atoms with Crippen LogP contribution in [0.15, 0.2) is 11.0 Å². The van der Waals surface area contributed by atoms with Crippen LogP contribution in [0.3, 0.4) is 0 Å². The smallest absolute Gasteiger partial charge is 0.390 e. The Bertz CT molecular complexity index is 433. The van der Waals surface area contributed by atoms with Gasteiger partial charge in [0.15, 0.2) is 0 Å². The molecular weight excluding hydrogens is 229 g/mol. The molecule has 0 aromatic carbocycles. The molecule has 7 heteroatoms. The van der Waals surface area contributed by atoms with E-state index >= 15 is 0 Å². The summed E-state index contributed by atoms with van der Waals surface area (Å²) in [5.41, 5.74) is -0.778. The van der Waals surface area contributed by atoms with Gasteiger partial charge in [-0.3, -0.25) is 4.98 Å². The van der Waals surface area contributed by atoms with Gasteiger partial charge in [0.25, 0.3) is 0 Å². The molecule has 2 N–H and O–H groups in total.